The van der Waals surface area contributed by atoms with Crippen LogP contribution >= 0.6 is 0 Å². The summed E-state index contributed by atoms with van der Waals surface area (Å²) in [5.41, 5.74) is 5.29. The van der Waals surface area contributed by atoms with E-state index in [1.54, 1.807) is 25.3 Å². The Labute approximate surface area is 261 Å². The zero-order chi connectivity index (χ0) is 31.9. The number of nitriles is 1. The average Bonchev–Trinajstić information content (AvgIpc) is 3.57. The van der Waals surface area contributed by atoms with Crippen molar-refractivity contribution in [3.63, 3.8) is 0 Å². The number of allylic oxidation sites excluding steroid dienone is 3. The second-order valence-electron chi connectivity index (χ2n) is 13.1. The number of ether oxygens (including phenoxy) is 2. The van der Waals surface area contributed by atoms with Gasteiger partial charge in [0, 0.05) is 32.9 Å². The number of aromatic nitrogens is 3. The normalized spacial score (nSPS) is 18.1. The lowest BCUT2D eigenvalue weighted by Gasteiger charge is -2.29. The van der Waals surface area contributed by atoms with Gasteiger partial charge in [-0.3, -0.25) is 0 Å². The van der Waals surface area contributed by atoms with Gasteiger partial charge in [0.2, 0.25) is 10.0 Å². The maximum atomic E-state index is 14.2. The number of hydrogen-bond donors (Lipinski definition) is 0. The van der Waals surface area contributed by atoms with Crippen molar-refractivity contribution >= 4 is 40.0 Å². The third kappa shape index (κ3) is 5.94. The Hall–Kier alpha value is -3.49. The van der Waals surface area contributed by atoms with Crippen molar-refractivity contribution in [2.45, 2.75) is 77.4 Å². The summed E-state index contributed by atoms with van der Waals surface area (Å²) in [7, 11) is -5.09. The van der Waals surface area contributed by atoms with Crippen LogP contribution in [0.25, 0.3) is 21.9 Å². The molecule has 2 aromatic heterocycles. The lowest BCUT2D eigenvalue weighted by atomic mass is 9.98. The molecule has 4 aromatic rings. The van der Waals surface area contributed by atoms with Crippen LogP contribution in [0, 0.1) is 18.3 Å². The van der Waals surface area contributed by atoms with E-state index in [0.717, 1.165) is 33.6 Å². The standard InChI is InChI=1S/C34H42N4O4SSi/c1-8-42-32(33-36-29-20-26(22-35)12-14-30(29)37(33)23-41-18-19-44(5,6)7)28-13-11-25(3)31-27(28)15-17-38(31)43(39,40)34(4)16-9-10-24(2)21-34/h9-15,17,20-21,32H,8,16,18-19,23H2,1-7H3. The van der Waals surface area contributed by atoms with Crippen molar-refractivity contribution in [2.75, 3.05) is 13.2 Å². The van der Waals surface area contributed by atoms with Gasteiger partial charge >= 0.3 is 0 Å². The molecule has 0 radical (unpaired) electrons. The zero-order valence-electron chi connectivity index (χ0n) is 26.7. The summed E-state index contributed by atoms with van der Waals surface area (Å²) >= 11 is 0. The first kappa shape index (κ1) is 31.9. The minimum absolute atomic E-state index is 0.285. The van der Waals surface area contributed by atoms with E-state index in [4.69, 9.17) is 14.5 Å². The minimum atomic E-state index is -3.80. The van der Waals surface area contributed by atoms with Crippen LogP contribution in [0.4, 0.5) is 0 Å². The molecule has 2 heterocycles. The Kier molecular flexibility index (Phi) is 8.80. The highest BCUT2D eigenvalue weighted by molar-refractivity contribution is 7.91. The lowest BCUT2D eigenvalue weighted by Crippen LogP contribution is -2.38. The molecule has 0 aliphatic heterocycles. The summed E-state index contributed by atoms with van der Waals surface area (Å²) in [6.07, 6.45) is 7.19. The molecule has 1 aliphatic carbocycles. The summed E-state index contributed by atoms with van der Waals surface area (Å²) < 4.78 is 43.4. The van der Waals surface area contributed by atoms with Crippen molar-refractivity contribution in [3.05, 3.63) is 88.9 Å². The largest absolute Gasteiger partial charge is 0.366 e. The molecule has 0 amide bonds. The first-order valence-electron chi connectivity index (χ1n) is 15.1. The molecule has 2 aromatic carbocycles. The Morgan fingerprint density at radius 2 is 1.93 bits per heavy atom. The van der Waals surface area contributed by atoms with Gasteiger partial charge in [-0.2, -0.15) is 5.26 Å². The molecule has 0 saturated carbocycles. The van der Waals surface area contributed by atoms with E-state index in [-0.39, 0.29) is 6.73 Å². The summed E-state index contributed by atoms with van der Waals surface area (Å²) in [6.45, 7) is 15.9. The van der Waals surface area contributed by atoms with Crippen molar-refractivity contribution in [1.29, 1.82) is 5.26 Å². The first-order valence-corrected chi connectivity index (χ1v) is 20.3. The molecule has 0 N–H and O–H groups in total. The van der Waals surface area contributed by atoms with Crippen molar-refractivity contribution in [3.8, 4) is 6.07 Å². The highest BCUT2D eigenvalue weighted by Crippen LogP contribution is 2.38. The summed E-state index contributed by atoms with van der Waals surface area (Å²) in [5.74, 6) is 0.647. The van der Waals surface area contributed by atoms with Crippen molar-refractivity contribution in [2.24, 2.45) is 0 Å². The van der Waals surface area contributed by atoms with Crippen LogP contribution in [-0.4, -0.2) is 48.0 Å². The maximum Gasteiger partial charge on any atom is 0.248 e. The van der Waals surface area contributed by atoms with Gasteiger partial charge in [0.25, 0.3) is 0 Å². The van der Waals surface area contributed by atoms with E-state index in [0.29, 0.717) is 42.1 Å². The number of rotatable bonds is 11. The van der Waals surface area contributed by atoms with E-state index in [2.05, 4.69) is 25.7 Å². The van der Waals surface area contributed by atoms with Crippen LogP contribution in [0.2, 0.25) is 25.7 Å². The molecule has 0 saturated heterocycles. The predicted octanol–water partition coefficient (Wildman–Crippen LogP) is 7.45. The zero-order valence-corrected chi connectivity index (χ0v) is 28.5. The third-order valence-corrected chi connectivity index (χ3v) is 12.3. The van der Waals surface area contributed by atoms with Crippen LogP contribution in [-0.2, 0) is 26.2 Å². The Morgan fingerprint density at radius 1 is 1.16 bits per heavy atom. The Morgan fingerprint density at radius 3 is 2.61 bits per heavy atom. The van der Waals surface area contributed by atoms with Gasteiger partial charge < -0.3 is 14.0 Å². The molecule has 0 fully saturated rings. The summed E-state index contributed by atoms with van der Waals surface area (Å²) in [4.78, 5) is 5.00. The Balaban J connectivity index is 1.65. The van der Waals surface area contributed by atoms with Crippen LogP contribution in [0.15, 0.2) is 66.4 Å². The predicted molar refractivity (Wildman–Crippen MR) is 179 cm³/mol. The summed E-state index contributed by atoms with van der Waals surface area (Å²) in [5, 5.41) is 10.3. The fraction of sp³-hybridized carbons (Fsp3) is 0.412. The fourth-order valence-electron chi connectivity index (χ4n) is 5.88. The molecule has 1 aliphatic rings. The monoisotopic (exact) mass is 630 g/mol. The van der Waals surface area contributed by atoms with E-state index in [9.17, 15) is 13.7 Å². The van der Waals surface area contributed by atoms with Gasteiger partial charge in [-0.1, -0.05) is 55.6 Å². The fourth-order valence-corrected chi connectivity index (χ4v) is 8.43. The second-order valence-corrected chi connectivity index (χ2v) is 21.0. The highest BCUT2D eigenvalue weighted by Gasteiger charge is 2.40. The molecule has 2 atom stereocenters. The van der Waals surface area contributed by atoms with Gasteiger partial charge in [-0.25, -0.2) is 17.4 Å². The van der Waals surface area contributed by atoms with Gasteiger partial charge in [-0.05, 0) is 75.6 Å². The molecule has 232 valence electrons. The lowest BCUT2D eigenvalue weighted by molar-refractivity contribution is 0.0602. The van der Waals surface area contributed by atoms with E-state index in [1.807, 2.05) is 67.8 Å². The van der Waals surface area contributed by atoms with Gasteiger partial charge in [0.05, 0.1) is 28.2 Å². The molecular weight excluding hydrogens is 589 g/mol. The molecule has 0 spiro atoms. The number of fused-ring (bicyclic) bond motifs is 2. The van der Waals surface area contributed by atoms with Crippen LogP contribution in [0.1, 0.15) is 55.8 Å². The molecule has 2 unspecified atom stereocenters. The van der Waals surface area contributed by atoms with E-state index < -0.39 is 28.9 Å². The van der Waals surface area contributed by atoms with Crippen LogP contribution in [0.5, 0.6) is 0 Å². The number of imidazole rings is 1. The smallest absolute Gasteiger partial charge is 0.248 e. The topological polar surface area (TPSA) is 99.1 Å². The third-order valence-electron chi connectivity index (χ3n) is 8.31. The molecule has 44 heavy (non-hydrogen) atoms. The number of nitrogens with zero attached hydrogens (tertiary/aromatic N) is 4. The molecule has 8 nitrogen and oxygen atoms in total. The first-order chi connectivity index (χ1) is 20.8. The van der Waals surface area contributed by atoms with Crippen molar-refractivity contribution < 1.29 is 17.9 Å². The van der Waals surface area contributed by atoms with Gasteiger partial charge in [0.15, 0.2) is 0 Å². The minimum Gasteiger partial charge on any atom is -0.366 e. The molecule has 0 bridgehead atoms. The average molecular weight is 631 g/mol. The van der Waals surface area contributed by atoms with E-state index >= 15 is 0 Å². The number of benzene rings is 2. The quantitative estimate of drug-likeness (QED) is 0.126. The maximum absolute atomic E-state index is 14.2. The molecule has 10 heteroatoms. The van der Waals surface area contributed by atoms with E-state index in [1.165, 1.54) is 3.97 Å². The Bertz CT molecular complexity index is 1920. The van der Waals surface area contributed by atoms with Crippen LogP contribution < -0.4 is 0 Å². The highest BCUT2D eigenvalue weighted by atomic mass is 32.2. The van der Waals surface area contributed by atoms with Crippen molar-refractivity contribution in [1.82, 2.24) is 13.5 Å². The molecule has 5 rings (SSSR count). The van der Waals surface area contributed by atoms with Gasteiger partial charge in [0.1, 0.15) is 23.4 Å². The summed E-state index contributed by atoms with van der Waals surface area (Å²) in [6, 6.07) is 14.5. The van der Waals surface area contributed by atoms with Crippen LogP contribution in [0.3, 0.4) is 0 Å². The van der Waals surface area contributed by atoms with Gasteiger partial charge in [-0.15, -0.1) is 0 Å². The number of hydrogen-bond acceptors (Lipinski definition) is 6. The number of aryl methyl sites for hydroxylation is 1. The second kappa shape index (κ2) is 12.1. The molecular formula is C34H42N4O4SSi. The SMILES string of the molecule is CCOC(c1ccc(C)c2c1ccn2S(=O)(=O)C1(C)C=C(C)C=CC1)c1nc2cc(C#N)ccc2n1COCC[Si](C)(C)C.